The van der Waals surface area contributed by atoms with Crippen LogP contribution in [0.4, 0.5) is 11.4 Å². The van der Waals surface area contributed by atoms with Crippen LogP contribution in [0.25, 0.3) is 0 Å². The fraction of sp³-hybridized carbons (Fsp3) is 0.208. The van der Waals surface area contributed by atoms with Crippen molar-refractivity contribution < 1.29 is 9.59 Å². The molecule has 2 aromatic rings. The Kier molecular flexibility index (Phi) is 7.62. The lowest BCUT2D eigenvalue weighted by atomic mass is 10.1. The van der Waals surface area contributed by atoms with Crippen molar-refractivity contribution >= 4 is 40.5 Å². The zero-order chi connectivity index (χ0) is 22.2. The molecule has 2 amide bonds. The van der Waals surface area contributed by atoms with Crippen molar-refractivity contribution in [3.63, 3.8) is 0 Å². The van der Waals surface area contributed by atoms with Gasteiger partial charge in [0.1, 0.15) is 5.71 Å². The Morgan fingerprint density at radius 3 is 2.42 bits per heavy atom. The summed E-state index contributed by atoms with van der Waals surface area (Å²) in [6.45, 7) is 7.76. The molecule has 0 spiro atoms. The van der Waals surface area contributed by atoms with Crippen molar-refractivity contribution in [2.24, 2.45) is 4.99 Å². The molecule has 2 aromatic carbocycles. The highest BCUT2D eigenvalue weighted by Gasteiger charge is 2.24. The number of piperazine rings is 1. The number of hydrogen-bond donors (Lipinski definition) is 1. The molecular weight excluding hydrogens is 412 g/mol. The quantitative estimate of drug-likeness (QED) is 0.539. The van der Waals surface area contributed by atoms with E-state index in [1.807, 2.05) is 29.2 Å². The fourth-order valence-electron chi connectivity index (χ4n) is 3.27. The summed E-state index contributed by atoms with van der Waals surface area (Å²) in [5.74, 6) is -0.268. The topological polar surface area (TPSA) is 65.0 Å². The number of benzene rings is 2. The Hall–Kier alpha value is -3.38. The van der Waals surface area contributed by atoms with E-state index in [9.17, 15) is 9.59 Å². The summed E-state index contributed by atoms with van der Waals surface area (Å²) in [5, 5.41) is 3.54. The lowest BCUT2D eigenvalue weighted by Crippen LogP contribution is -2.49. The first-order valence-electron chi connectivity index (χ1n) is 10.0. The zero-order valence-electron chi connectivity index (χ0n) is 17.4. The van der Waals surface area contributed by atoms with Crippen LogP contribution < -0.4 is 10.2 Å². The molecule has 1 saturated heterocycles. The molecule has 0 radical (unpaired) electrons. The zero-order valence-corrected chi connectivity index (χ0v) is 18.2. The van der Waals surface area contributed by atoms with Gasteiger partial charge < -0.3 is 15.1 Å². The first-order valence-corrected chi connectivity index (χ1v) is 10.4. The Balaban J connectivity index is 1.66. The molecule has 7 heteroatoms. The standard InChI is InChI=1S/C24H25ClN4O2/c1-3-4-13-26-18(2)23(30)27-21-7-5-6-8-22(21)28-14-16-29(17-15-28)24(31)19-9-11-20(25)12-10-19/h3-13H,1,14-17H2,2H3,(H,27,30)/b13-4-,26-18+. The molecule has 3 rings (SSSR count). The molecule has 1 fully saturated rings. The number of anilines is 2. The van der Waals surface area contributed by atoms with Gasteiger partial charge in [-0.3, -0.25) is 14.6 Å². The number of para-hydroxylation sites is 2. The minimum Gasteiger partial charge on any atom is -0.366 e. The summed E-state index contributed by atoms with van der Waals surface area (Å²) < 4.78 is 0. The van der Waals surface area contributed by atoms with Crippen molar-refractivity contribution in [2.45, 2.75) is 6.92 Å². The summed E-state index contributed by atoms with van der Waals surface area (Å²) in [5.41, 5.74) is 2.62. The van der Waals surface area contributed by atoms with Crippen LogP contribution in [0.5, 0.6) is 0 Å². The van der Waals surface area contributed by atoms with Gasteiger partial charge in [0.2, 0.25) is 0 Å². The number of hydrogen-bond acceptors (Lipinski definition) is 4. The first kappa shape index (κ1) is 22.3. The van der Waals surface area contributed by atoms with Crippen LogP contribution in [0, 0.1) is 0 Å². The molecule has 1 aliphatic rings. The number of aliphatic imine (C=N–C) groups is 1. The van der Waals surface area contributed by atoms with Crippen LogP contribution in [-0.2, 0) is 4.79 Å². The number of rotatable bonds is 6. The molecule has 0 bridgehead atoms. The van der Waals surface area contributed by atoms with Crippen LogP contribution >= 0.6 is 11.6 Å². The van der Waals surface area contributed by atoms with Gasteiger partial charge in [0.05, 0.1) is 11.4 Å². The number of amides is 2. The second-order valence-electron chi connectivity index (χ2n) is 7.05. The highest BCUT2D eigenvalue weighted by molar-refractivity contribution is 6.42. The van der Waals surface area contributed by atoms with E-state index in [-0.39, 0.29) is 11.8 Å². The number of allylic oxidation sites excluding steroid dienone is 2. The van der Waals surface area contributed by atoms with E-state index in [1.54, 1.807) is 43.3 Å². The van der Waals surface area contributed by atoms with Crippen molar-refractivity contribution in [3.05, 3.63) is 84.0 Å². The summed E-state index contributed by atoms with van der Waals surface area (Å²) >= 11 is 5.91. The monoisotopic (exact) mass is 436 g/mol. The van der Waals surface area contributed by atoms with E-state index in [0.717, 1.165) is 5.69 Å². The van der Waals surface area contributed by atoms with E-state index >= 15 is 0 Å². The largest absolute Gasteiger partial charge is 0.366 e. The Morgan fingerprint density at radius 2 is 1.74 bits per heavy atom. The van der Waals surface area contributed by atoms with Gasteiger partial charge >= 0.3 is 0 Å². The second-order valence-corrected chi connectivity index (χ2v) is 7.49. The molecule has 31 heavy (non-hydrogen) atoms. The van der Waals surface area contributed by atoms with Gasteiger partial charge in [-0.15, -0.1) is 0 Å². The third-order valence-corrected chi connectivity index (χ3v) is 5.22. The van der Waals surface area contributed by atoms with Gasteiger partial charge in [-0.25, -0.2) is 0 Å². The third-order valence-electron chi connectivity index (χ3n) is 4.97. The average Bonchev–Trinajstić information content (AvgIpc) is 2.79. The number of carbonyl (C=O) groups is 2. The lowest BCUT2D eigenvalue weighted by Gasteiger charge is -2.37. The number of halogens is 1. The Morgan fingerprint density at radius 1 is 1.06 bits per heavy atom. The molecule has 0 aliphatic carbocycles. The summed E-state index contributed by atoms with van der Waals surface area (Å²) in [4.78, 5) is 33.3. The minimum atomic E-state index is -0.266. The SMILES string of the molecule is C=C/C=C\N=C(/C)C(=O)Nc1ccccc1N1CCN(C(=O)c2ccc(Cl)cc2)CC1. The lowest BCUT2D eigenvalue weighted by molar-refractivity contribution is -0.110. The van der Waals surface area contributed by atoms with Gasteiger partial charge in [0, 0.05) is 43.0 Å². The number of nitrogens with one attached hydrogen (secondary N) is 1. The van der Waals surface area contributed by atoms with E-state index in [1.165, 1.54) is 6.20 Å². The summed E-state index contributed by atoms with van der Waals surface area (Å²) in [7, 11) is 0. The Bertz CT molecular complexity index is 1010. The molecule has 1 N–H and O–H groups in total. The molecule has 160 valence electrons. The van der Waals surface area contributed by atoms with Crippen molar-refractivity contribution in [1.82, 2.24) is 4.90 Å². The number of carbonyl (C=O) groups excluding carboxylic acids is 2. The first-order chi connectivity index (χ1) is 15.0. The van der Waals surface area contributed by atoms with Gasteiger partial charge in [-0.2, -0.15) is 0 Å². The fourth-order valence-corrected chi connectivity index (χ4v) is 3.39. The Labute approximate surface area is 187 Å². The highest BCUT2D eigenvalue weighted by Crippen LogP contribution is 2.27. The average molecular weight is 437 g/mol. The van der Waals surface area contributed by atoms with Crippen LogP contribution in [0.2, 0.25) is 5.02 Å². The maximum absolute atomic E-state index is 12.7. The van der Waals surface area contributed by atoms with Gasteiger partial charge in [0.15, 0.2) is 0 Å². The van der Waals surface area contributed by atoms with E-state index in [4.69, 9.17) is 11.6 Å². The minimum absolute atomic E-state index is 0.00248. The van der Waals surface area contributed by atoms with Gasteiger partial charge in [-0.1, -0.05) is 36.4 Å². The molecule has 1 heterocycles. The van der Waals surface area contributed by atoms with Crippen molar-refractivity contribution in [2.75, 3.05) is 36.4 Å². The van der Waals surface area contributed by atoms with Crippen molar-refractivity contribution in [1.29, 1.82) is 0 Å². The summed E-state index contributed by atoms with van der Waals surface area (Å²) in [6.07, 6.45) is 4.79. The predicted octanol–water partition coefficient (Wildman–Crippen LogP) is 4.40. The van der Waals surface area contributed by atoms with Crippen LogP contribution in [0.15, 0.2) is 78.5 Å². The van der Waals surface area contributed by atoms with Crippen LogP contribution in [0.3, 0.4) is 0 Å². The maximum Gasteiger partial charge on any atom is 0.269 e. The number of nitrogens with zero attached hydrogens (tertiary/aromatic N) is 3. The maximum atomic E-state index is 12.7. The third kappa shape index (κ3) is 5.83. The molecular formula is C24H25ClN4O2. The normalized spacial score (nSPS) is 14.6. The molecule has 0 saturated carbocycles. The van der Waals surface area contributed by atoms with E-state index < -0.39 is 0 Å². The molecule has 1 aliphatic heterocycles. The van der Waals surface area contributed by atoms with Gasteiger partial charge in [0.25, 0.3) is 11.8 Å². The molecule has 0 atom stereocenters. The molecule has 0 unspecified atom stereocenters. The van der Waals surface area contributed by atoms with E-state index in [2.05, 4.69) is 21.8 Å². The molecule has 6 nitrogen and oxygen atoms in total. The predicted molar refractivity (Wildman–Crippen MR) is 127 cm³/mol. The molecule has 0 aromatic heterocycles. The van der Waals surface area contributed by atoms with E-state index in [0.29, 0.717) is 48.2 Å². The summed E-state index contributed by atoms with van der Waals surface area (Å²) in [6, 6.07) is 14.6. The van der Waals surface area contributed by atoms with Crippen LogP contribution in [0.1, 0.15) is 17.3 Å². The second kappa shape index (κ2) is 10.6. The van der Waals surface area contributed by atoms with Crippen molar-refractivity contribution in [3.8, 4) is 0 Å². The smallest absolute Gasteiger partial charge is 0.269 e. The highest BCUT2D eigenvalue weighted by atomic mass is 35.5. The van der Waals surface area contributed by atoms with Gasteiger partial charge in [-0.05, 0) is 49.4 Å². The van der Waals surface area contributed by atoms with Crippen LogP contribution in [-0.4, -0.2) is 48.6 Å².